The summed E-state index contributed by atoms with van der Waals surface area (Å²) < 4.78 is 4.68. The molecule has 0 fully saturated rings. The van der Waals surface area contributed by atoms with E-state index in [4.69, 9.17) is 5.26 Å². The molecule has 1 aromatic rings. The zero-order chi connectivity index (χ0) is 12.1. The number of phenols is 1. The zero-order valence-corrected chi connectivity index (χ0v) is 8.56. The molecule has 0 saturated carbocycles. The third kappa shape index (κ3) is 2.17. The lowest BCUT2D eigenvalue weighted by Gasteiger charge is -2.06. The van der Waals surface area contributed by atoms with Gasteiger partial charge in [0.2, 0.25) is 0 Å². The number of aromatic hydroxyl groups is 1. The first-order chi connectivity index (χ1) is 7.63. The molecule has 1 aromatic carbocycles. The Morgan fingerprint density at radius 2 is 2.31 bits per heavy atom. The summed E-state index contributed by atoms with van der Waals surface area (Å²) in [6.07, 6.45) is 0.374. The molecule has 1 N–H and O–H groups in total. The average Bonchev–Trinajstić information content (AvgIpc) is 2.29. The molecule has 0 heterocycles. The number of esters is 1. The van der Waals surface area contributed by atoms with Crippen LogP contribution in [0.15, 0.2) is 12.1 Å². The Balaban J connectivity index is 3.32. The van der Waals surface area contributed by atoms with Gasteiger partial charge in [0.15, 0.2) is 6.29 Å². The van der Waals surface area contributed by atoms with Crippen molar-refractivity contribution in [1.29, 1.82) is 5.26 Å². The van der Waals surface area contributed by atoms with Crippen molar-refractivity contribution in [1.82, 2.24) is 0 Å². The van der Waals surface area contributed by atoms with Crippen molar-refractivity contribution in [2.75, 3.05) is 6.61 Å². The Bertz CT molecular complexity index is 474. The van der Waals surface area contributed by atoms with Gasteiger partial charge in [0, 0.05) is 0 Å². The normalized spacial score (nSPS) is 9.25. The van der Waals surface area contributed by atoms with Crippen LogP contribution in [0.1, 0.15) is 33.2 Å². The van der Waals surface area contributed by atoms with Crippen LogP contribution in [0.2, 0.25) is 0 Å². The highest BCUT2D eigenvalue weighted by atomic mass is 16.5. The number of carbonyl (C=O) groups is 2. The quantitative estimate of drug-likeness (QED) is 0.610. The minimum Gasteiger partial charge on any atom is -0.506 e. The van der Waals surface area contributed by atoms with E-state index in [1.54, 1.807) is 13.0 Å². The Kier molecular flexibility index (Phi) is 3.62. The van der Waals surface area contributed by atoms with E-state index >= 15 is 0 Å². The molecule has 5 heteroatoms. The Labute approximate surface area is 91.9 Å². The summed E-state index contributed by atoms with van der Waals surface area (Å²) in [4.78, 5) is 22.0. The topological polar surface area (TPSA) is 87.4 Å². The fourth-order valence-corrected chi connectivity index (χ4v) is 1.18. The van der Waals surface area contributed by atoms with Crippen molar-refractivity contribution in [2.45, 2.75) is 6.92 Å². The van der Waals surface area contributed by atoms with Gasteiger partial charge in [0.25, 0.3) is 0 Å². The Morgan fingerprint density at radius 3 is 2.81 bits per heavy atom. The molecule has 1 rings (SSSR count). The molecule has 0 spiro atoms. The molecule has 0 aliphatic heterocycles. The van der Waals surface area contributed by atoms with Gasteiger partial charge in [-0.2, -0.15) is 5.26 Å². The van der Waals surface area contributed by atoms with Crippen LogP contribution in [0.5, 0.6) is 5.75 Å². The number of benzene rings is 1. The van der Waals surface area contributed by atoms with E-state index in [2.05, 4.69) is 4.74 Å². The van der Waals surface area contributed by atoms with E-state index in [0.29, 0.717) is 6.29 Å². The molecular formula is C11H9NO4. The lowest BCUT2D eigenvalue weighted by molar-refractivity contribution is 0.0523. The van der Waals surface area contributed by atoms with Crippen molar-refractivity contribution >= 4 is 12.3 Å². The number of hydrogen-bond acceptors (Lipinski definition) is 5. The molecule has 0 amide bonds. The summed E-state index contributed by atoms with van der Waals surface area (Å²) in [5.74, 6) is -1.23. The van der Waals surface area contributed by atoms with E-state index in [1.807, 2.05) is 0 Å². The zero-order valence-electron chi connectivity index (χ0n) is 8.56. The van der Waals surface area contributed by atoms with E-state index < -0.39 is 11.7 Å². The van der Waals surface area contributed by atoms with E-state index in [0.717, 1.165) is 0 Å². The van der Waals surface area contributed by atoms with Crippen molar-refractivity contribution < 1.29 is 19.4 Å². The number of aldehydes is 1. The lowest BCUT2D eigenvalue weighted by atomic mass is 10.1. The summed E-state index contributed by atoms with van der Waals surface area (Å²) in [5.41, 5.74) is -0.173. The van der Waals surface area contributed by atoms with Crippen molar-refractivity contribution in [3.63, 3.8) is 0 Å². The highest BCUT2D eigenvalue weighted by Crippen LogP contribution is 2.23. The molecule has 82 valence electrons. The number of phenolic OH excluding ortho intramolecular Hbond substituents is 1. The summed E-state index contributed by atoms with van der Waals surface area (Å²) in [6, 6.07) is 4.17. The van der Waals surface area contributed by atoms with Gasteiger partial charge in [-0.25, -0.2) is 4.79 Å². The van der Waals surface area contributed by atoms with Gasteiger partial charge in [-0.1, -0.05) is 0 Å². The number of carbonyl (C=O) groups excluding carboxylic acids is 2. The van der Waals surface area contributed by atoms with E-state index in [-0.39, 0.29) is 23.3 Å². The number of nitriles is 1. The van der Waals surface area contributed by atoms with E-state index in [1.165, 1.54) is 12.1 Å². The Morgan fingerprint density at radius 1 is 1.62 bits per heavy atom. The SMILES string of the molecule is CCOC(=O)c1cc(C#N)cc(C=O)c1O. The van der Waals surface area contributed by atoms with Crippen molar-refractivity contribution in [2.24, 2.45) is 0 Å². The first-order valence-electron chi connectivity index (χ1n) is 4.53. The highest BCUT2D eigenvalue weighted by molar-refractivity contribution is 5.96. The molecule has 16 heavy (non-hydrogen) atoms. The van der Waals surface area contributed by atoms with Crippen LogP contribution in [0.3, 0.4) is 0 Å². The third-order valence-electron chi connectivity index (χ3n) is 1.89. The smallest absolute Gasteiger partial charge is 0.341 e. The fraction of sp³-hybridized carbons (Fsp3) is 0.182. The summed E-state index contributed by atoms with van der Waals surface area (Å²) in [5, 5.41) is 18.2. The maximum atomic E-state index is 11.4. The third-order valence-corrected chi connectivity index (χ3v) is 1.89. The van der Waals surface area contributed by atoms with Gasteiger partial charge in [0.1, 0.15) is 11.3 Å². The van der Waals surface area contributed by atoms with Crippen LogP contribution in [-0.4, -0.2) is 24.0 Å². The van der Waals surface area contributed by atoms with Crippen LogP contribution in [0.4, 0.5) is 0 Å². The molecule has 0 aromatic heterocycles. The molecule has 0 bridgehead atoms. The first-order valence-corrected chi connectivity index (χ1v) is 4.53. The highest BCUT2D eigenvalue weighted by Gasteiger charge is 2.17. The maximum Gasteiger partial charge on any atom is 0.341 e. The van der Waals surface area contributed by atoms with E-state index in [9.17, 15) is 14.7 Å². The second-order valence-corrected chi connectivity index (χ2v) is 2.91. The van der Waals surface area contributed by atoms with Gasteiger partial charge in [0.05, 0.1) is 23.8 Å². The number of rotatable bonds is 3. The summed E-state index contributed by atoms with van der Waals surface area (Å²) >= 11 is 0. The minimum atomic E-state index is -0.764. The van der Waals surface area contributed by atoms with Crippen LogP contribution >= 0.6 is 0 Å². The number of ether oxygens (including phenoxy) is 1. The molecule has 0 aliphatic carbocycles. The van der Waals surface area contributed by atoms with Gasteiger partial charge < -0.3 is 9.84 Å². The molecule has 0 saturated heterocycles. The predicted molar refractivity (Wildman–Crippen MR) is 54.2 cm³/mol. The molecular weight excluding hydrogens is 210 g/mol. The first kappa shape index (κ1) is 11.7. The monoisotopic (exact) mass is 219 g/mol. The number of nitrogens with zero attached hydrogens (tertiary/aromatic N) is 1. The predicted octanol–water partition coefficient (Wildman–Crippen LogP) is 1.25. The van der Waals surface area contributed by atoms with Gasteiger partial charge >= 0.3 is 5.97 Å². The van der Waals surface area contributed by atoms with Crippen molar-refractivity contribution in [3.8, 4) is 11.8 Å². The lowest BCUT2D eigenvalue weighted by Crippen LogP contribution is -2.06. The largest absolute Gasteiger partial charge is 0.506 e. The molecule has 0 radical (unpaired) electrons. The van der Waals surface area contributed by atoms with Crippen LogP contribution < -0.4 is 0 Å². The summed E-state index contributed by atoms with van der Waals surface area (Å²) in [6.45, 7) is 1.76. The van der Waals surface area contributed by atoms with Crippen LogP contribution in [0.25, 0.3) is 0 Å². The fourth-order valence-electron chi connectivity index (χ4n) is 1.18. The van der Waals surface area contributed by atoms with Crippen molar-refractivity contribution in [3.05, 3.63) is 28.8 Å². The second-order valence-electron chi connectivity index (χ2n) is 2.91. The second kappa shape index (κ2) is 4.94. The van der Waals surface area contributed by atoms with Gasteiger partial charge in [-0.15, -0.1) is 0 Å². The standard InChI is InChI=1S/C11H9NO4/c1-2-16-11(15)9-4-7(5-12)3-8(6-13)10(9)14/h3-4,6,14H,2H2,1H3. The minimum absolute atomic E-state index is 0.109. The molecule has 5 nitrogen and oxygen atoms in total. The molecule has 0 atom stereocenters. The van der Waals surface area contributed by atoms with Gasteiger partial charge in [-0.05, 0) is 19.1 Å². The Hall–Kier alpha value is -2.35. The van der Waals surface area contributed by atoms with Crippen LogP contribution in [0, 0.1) is 11.3 Å². The van der Waals surface area contributed by atoms with Crippen LogP contribution in [-0.2, 0) is 4.74 Å². The molecule has 0 aliphatic rings. The molecule has 0 unspecified atom stereocenters. The maximum absolute atomic E-state index is 11.4. The van der Waals surface area contributed by atoms with Gasteiger partial charge in [-0.3, -0.25) is 4.79 Å². The number of hydrogen-bond donors (Lipinski definition) is 1. The summed E-state index contributed by atoms with van der Waals surface area (Å²) in [7, 11) is 0. The average molecular weight is 219 g/mol.